The molecule has 0 aliphatic carbocycles. The summed E-state index contributed by atoms with van der Waals surface area (Å²) in [6, 6.07) is 5.74. The first-order valence-electron chi connectivity index (χ1n) is 4.20. The molecule has 14 heavy (non-hydrogen) atoms. The Balaban J connectivity index is 0.00000169. The normalized spacial score (nSPS) is 10.5. The van der Waals surface area contributed by atoms with E-state index in [1.807, 2.05) is 18.2 Å². The second-order valence-electron chi connectivity index (χ2n) is 2.66. The number of nitrogens with zero attached hydrogens (tertiary/aromatic N) is 2. The monoisotopic (exact) mass is 306 g/mol. The predicted octanol–water partition coefficient (Wildman–Crippen LogP) is 1.49. The number of amidine groups is 1. The maximum Gasteiger partial charge on any atom is 0.125 e. The third-order valence-corrected chi connectivity index (χ3v) is 1.44. The topological polar surface area (TPSA) is 63.3 Å². The van der Waals surface area contributed by atoms with E-state index in [9.17, 15) is 0 Å². The van der Waals surface area contributed by atoms with Gasteiger partial charge in [-0.15, -0.1) is 24.0 Å². The van der Waals surface area contributed by atoms with Crippen LogP contribution in [-0.2, 0) is 0 Å². The van der Waals surface area contributed by atoms with E-state index in [0.717, 1.165) is 12.4 Å². The van der Waals surface area contributed by atoms with Gasteiger partial charge < -0.3 is 11.1 Å². The first kappa shape index (κ1) is 13.2. The smallest absolute Gasteiger partial charge is 0.125 e. The molecule has 3 N–H and O–H groups in total. The van der Waals surface area contributed by atoms with Gasteiger partial charge in [0.1, 0.15) is 5.82 Å². The minimum Gasteiger partial charge on any atom is -0.388 e. The molecule has 0 aliphatic rings. The van der Waals surface area contributed by atoms with Crippen LogP contribution in [0.3, 0.4) is 0 Å². The van der Waals surface area contributed by atoms with E-state index in [-0.39, 0.29) is 24.0 Å². The van der Waals surface area contributed by atoms with Crippen molar-refractivity contribution in [1.29, 1.82) is 0 Å². The van der Waals surface area contributed by atoms with Gasteiger partial charge in [0.15, 0.2) is 0 Å². The second-order valence-corrected chi connectivity index (χ2v) is 2.66. The molecule has 0 radical (unpaired) electrons. The molecule has 0 aliphatic heterocycles. The Bertz CT molecular complexity index is 269. The molecule has 0 amide bonds. The number of aliphatic imine (C=N–C) groups is 1. The zero-order valence-corrected chi connectivity index (χ0v) is 10.4. The van der Waals surface area contributed by atoms with Crippen LogP contribution in [0.1, 0.15) is 6.92 Å². The van der Waals surface area contributed by atoms with E-state index in [2.05, 4.69) is 15.3 Å². The maximum absolute atomic E-state index is 5.38. The maximum atomic E-state index is 5.38. The van der Waals surface area contributed by atoms with Gasteiger partial charge in [-0.05, 0) is 19.1 Å². The quantitative estimate of drug-likeness (QED) is 0.383. The van der Waals surface area contributed by atoms with Crippen LogP contribution >= 0.6 is 24.0 Å². The van der Waals surface area contributed by atoms with Crippen molar-refractivity contribution in [2.24, 2.45) is 10.7 Å². The van der Waals surface area contributed by atoms with Crippen molar-refractivity contribution in [3.8, 4) is 0 Å². The van der Waals surface area contributed by atoms with Crippen molar-refractivity contribution in [2.75, 3.05) is 18.4 Å². The number of anilines is 1. The molecule has 0 saturated heterocycles. The Labute approximate surface area is 101 Å². The molecule has 1 aromatic rings. The molecule has 1 heterocycles. The minimum absolute atomic E-state index is 0. The van der Waals surface area contributed by atoms with E-state index in [1.54, 1.807) is 13.1 Å². The summed E-state index contributed by atoms with van der Waals surface area (Å²) in [5.41, 5.74) is 5.38. The summed E-state index contributed by atoms with van der Waals surface area (Å²) in [6.45, 7) is 3.21. The predicted molar refractivity (Wildman–Crippen MR) is 70.3 cm³/mol. The van der Waals surface area contributed by atoms with Gasteiger partial charge in [0, 0.05) is 12.7 Å². The summed E-state index contributed by atoms with van der Waals surface area (Å²) < 4.78 is 0. The zero-order valence-electron chi connectivity index (χ0n) is 8.10. The van der Waals surface area contributed by atoms with E-state index in [1.165, 1.54) is 0 Å². The van der Waals surface area contributed by atoms with Crippen LogP contribution < -0.4 is 11.1 Å². The van der Waals surface area contributed by atoms with Crippen molar-refractivity contribution in [1.82, 2.24) is 4.98 Å². The lowest BCUT2D eigenvalue weighted by Crippen LogP contribution is -2.11. The van der Waals surface area contributed by atoms with Gasteiger partial charge >= 0.3 is 0 Å². The number of aromatic nitrogens is 1. The lowest BCUT2D eigenvalue weighted by atomic mass is 10.4. The lowest BCUT2D eigenvalue weighted by Gasteiger charge is -2.01. The number of hydrogen-bond acceptors (Lipinski definition) is 3. The van der Waals surface area contributed by atoms with Crippen molar-refractivity contribution < 1.29 is 0 Å². The highest BCUT2D eigenvalue weighted by Gasteiger charge is 1.88. The molecule has 0 bridgehead atoms. The van der Waals surface area contributed by atoms with Crippen molar-refractivity contribution in [3.05, 3.63) is 24.4 Å². The third-order valence-electron chi connectivity index (χ3n) is 1.44. The highest BCUT2D eigenvalue weighted by atomic mass is 127. The van der Waals surface area contributed by atoms with Crippen molar-refractivity contribution >= 4 is 35.6 Å². The second kappa shape index (κ2) is 7.54. The van der Waals surface area contributed by atoms with Gasteiger partial charge in [-0.2, -0.15) is 0 Å². The van der Waals surface area contributed by atoms with Crippen LogP contribution in [-0.4, -0.2) is 23.9 Å². The Hall–Kier alpha value is -0.850. The molecule has 1 aromatic heterocycles. The molecule has 0 spiro atoms. The number of nitrogens with two attached hydrogens (primary N) is 1. The molecule has 78 valence electrons. The van der Waals surface area contributed by atoms with Gasteiger partial charge in [0.25, 0.3) is 0 Å². The van der Waals surface area contributed by atoms with Gasteiger partial charge in [0.05, 0.1) is 12.4 Å². The molecule has 5 heteroatoms. The fraction of sp³-hybridized carbons (Fsp3) is 0.333. The van der Waals surface area contributed by atoms with Crippen LogP contribution in [0, 0.1) is 0 Å². The van der Waals surface area contributed by atoms with Crippen LogP contribution in [0.25, 0.3) is 0 Å². The molecule has 0 aromatic carbocycles. The van der Waals surface area contributed by atoms with E-state index < -0.39 is 0 Å². The first-order chi connectivity index (χ1) is 6.29. The van der Waals surface area contributed by atoms with E-state index in [4.69, 9.17) is 5.73 Å². The summed E-state index contributed by atoms with van der Waals surface area (Å²) in [4.78, 5) is 8.15. The summed E-state index contributed by atoms with van der Waals surface area (Å²) >= 11 is 0. The Morgan fingerprint density at radius 2 is 2.36 bits per heavy atom. The van der Waals surface area contributed by atoms with Gasteiger partial charge in [-0.25, -0.2) is 4.98 Å². The number of hydrogen-bond donors (Lipinski definition) is 2. The number of pyridine rings is 1. The van der Waals surface area contributed by atoms with Crippen LogP contribution in [0.15, 0.2) is 29.4 Å². The van der Waals surface area contributed by atoms with Gasteiger partial charge in [-0.3, -0.25) is 4.99 Å². The van der Waals surface area contributed by atoms with Gasteiger partial charge in [0.2, 0.25) is 0 Å². The van der Waals surface area contributed by atoms with Crippen molar-refractivity contribution in [3.63, 3.8) is 0 Å². The fourth-order valence-electron chi connectivity index (χ4n) is 0.884. The van der Waals surface area contributed by atoms with Gasteiger partial charge in [-0.1, -0.05) is 6.07 Å². The molecule has 1 rings (SSSR count). The molecule has 4 nitrogen and oxygen atoms in total. The lowest BCUT2D eigenvalue weighted by molar-refractivity contribution is 1.01. The van der Waals surface area contributed by atoms with Crippen LogP contribution in [0.2, 0.25) is 0 Å². The van der Waals surface area contributed by atoms with Crippen LogP contribution in [0.5, 0.6) is 0 Å². The van der Waals surface area contributed by atoms with Crippen molar-refractivity contribution in [2.45, 2.75) is 6.92 Å². The molecule has 0 fully saturated rings. The SMILES string of the molecule is CC(N)=NCCNc1ccccn1.I. The Kier molecular flexibility index (Phi) is 7.09. The molecule has 0 saturated carbocycles. The summed E-state index contributed by atoms with van der Waals surface area (Å²) in [5.74, 6) is 1.48. The number of rotatable bonds is 4. The minimum atomic E-state index is 0. The molecular weight excluding hydrogens is 291 g/mol. The molecular formula is C9H15IN4. The standard InChI is InChI=1S/C9H14N4.HI/c1-8(10)11-6-7-13-9-4-2-3-5-12-9;/h2-5H,6-7H2,1H3,(H2,10,11)(H,12,13);1H. The Morgan fingerprint density at radius 1 is 1.57 bits per heavy atom. The fourth-order valence-corrected chi connectivity index (χ4v) is 0.884. The largest absolute Gasteiger partial charge is 0.388 e. The van der Waals surface area contributed by atoms with E-state index >= 15 is 0 Å². The summed E-state index contributed by atoms with van der Waals surface area (Å²) in [6.07, 6.45) is 1.75. The average molecular weight is 306 g/mol. The third kappa shape index (κ3) is 5.74. The molecule has 0 unspecified atom stereocenters. The molecule has 0 atom stereocenters. The highest BCUT2D eigenvalue weighted by molar-refractivity contribution is 14.0. The average Bonchev–Trinajstić information content (AvgIpc) is 2.14. The number of halogens is 1. The Morgan fingerprint density at radius 3 is 2.93 bits per heavy atom. The van der Waals surface area contributed by atoms with E-state index in [0.29, 0.717) is 12.4 Å². The zero-order chi connectivity index (χ0) is 9.52. The summed E-state index contributed by atoms with van der Waals surface area (Å²) in [7, 11) is 0. The first-order valence-corrected chi connectivity index (χ1v) is 4.20. The summed E-state index contributed by atoms with van der Waals surface area (Å²) in [5, 5.41) is 3.13. The van der Waals surface area contributed by atoms with Crippen LogP contribution in [0.4, 0.5) is 5.82 Å². The number of nitrogens with one attached hydrogen (secondary N) is 1. The highest BCUT2D eigenvalue weighted by Crippen LogP contribution is 1.97.